The molecule has 0 unspecified atom stereocenters. The van der Waals surface area contributed by atoms with Crippen molar-refractivity contribution in [1.29, 1.82) is 0 Å². The number of ether oxygens (including phenoxy) is 1. The Labute approximate surface area is 109 Å². The second kappa shape index (κ2) is 6.84. The maximum absolute atomic E-state index is 13.6. The van der Waals surface area contributed by atoms with Crippen molar-refractivity contribution in [1.82, 2.24) is 0 Å². The average Bonchev–Trinajstić information content (AvgIpc) is 2.26. The normalized spacial score (nSPS) is 11.1. The molecule has 6 heteroatoms. The number of carbonyl (C=O) groups is 1. The SMILES string of the molecule is CC(C)OC(=O)Nc1cc(F)c(C=CCO)c(F)c1. The number of aliphatic hydroxyl groups excluding tert-OH is 1. The Morgan fingerprint density at radius 1 is 1.42 bits per heavy atom. The van der Waals surface area contributed by atoms with Crippen LogP contribution in [0.25, 0.3) is 6.08 Å². The van der Waals surface area contributed by atoms with E-state index in [1.165, 1.54) is 6.08 Å². The number of nitrogens with one attached hydrogen (secondary N) is 1. The van der Waals surface area contributed by atoms with Gasteiger partial charge in [0.15, 0.2) is 0 Å². The van der Waals surface area contributed by atoms with E-state index in [0.29, 0.717) is 0 Å². The summed E-state index contributed by atoms with van der Waals surface area (Å²) in [7, 11) is 0. The summed E-state index contributed by atoms with van der Waals surface area (Å²) in [6.07, 6.45) is 1.22. The number of benzene rings is 1. The minimum absolute atomic E-state index is 0.0400. The summed E-state index contributed by atoms with van der Waals surface area (Å²) < 4.78 is 32.0. The van der Waals surface area contributed by atoms with Crippen LogP contribution in [-0.4, -0.2) is 23.9 Å². The van der Waals surface area contributed by atoms with Crippen molar-refractivity contribution < 1.29 is 23.4 Å². The minimum atomic E-state index is -0.843. The summed E-state index contributed by atoms with van der Waals surface area (Å²) >= 11 is 0. The van der Waals surface area contributed by atoms with Crippen molar-refractivity contribution in [2.45, 2.75) is 20.0 Å². The first kappa shape index (κ1) is 15.1. The van der Waals surface area contributed by atoms with Crippen LogP contribution in [0.2, 0.25) is 0 Å². The zero-order valence-electron chi connectivity index (χ0n) is 10.6. The molecule has 0 saturated heterocycles. The Kier molecular flexibility index (Phi) is 5.44. The molecule has 1 amide bonds. The molecule has 1 aromatic rings. The van der Waals surface area contributed by atoms with Gasteiger partial charge < -0.3 is 9.84 Å². The number of rotatable bonds is 4. The minimum Gasteiger partial charge on any atom is -0.447 e. The van der Waals surface area contributed by atoms with Crippen LogP contribution < -0.4 is 5.32 Å². The molecule has 0 saturated carbocycles. The first-order valence-electron chi connectivity index (χ1n) is 5.68. The summed E-state index contributed by atoms with van der Waals surface area (Å²) in [5, 5.41) is 10.8. The molecule has 0 atom stereocenters. The second-order valence-electron chi connectivity index (χ2n) is 4.02. The van der Waals surface area contributed by atoms with Gasteiger partial charge in [0.1, 0.15) is 11.6 Å². The maximum Gasteiger partial charge on any atom is 0.411 e. The van der Waals surface area contributed by atoms with Crippen LogP contribution in [0.15, 0.2) is 18.2 Å². The van der Waals surface area contributed by atoms with Gasteiger partial charge >= 0.3 is 6.09 Å². The standard InChI is InChI=1S/C13H15F2NO3/c1-8(2)19-13(18)16-9-6-11(14)10(4-3-5-17)12(15)7-9/h3-4,6-8,17H,5H2,1-2H3,(H,16,18). The van der Waals surface area contributed by atoms with Crippen LogP contribution in [0.1, 0.15) is 19.4 Å². The summed E-state index contributed by atoms with van der Waals surface area (Å²) in [6.45, 7) is 2.99. The lowest BCUT2D eigenvalue weighted by Gasteiger charge is -2.10. The second-order valence-corrected chi connectivity index (χ2v) is 4.02. The first-order valence-corrected chi connectivity index (χ1v) is 5.68. The average molecular weight is 271 g/mol. The summed E-state index contributed by atoms with van der Waals surface area (Å²) in [4.78, 5) is 11.3. The number of hydrogen-bond acceptors (Lipinski definition) is 3. The predicted molar refractivity (Wildman–Crippen MR) is 67.7 cm³/mol. The molecule has 1 rings (SSSR count). The van der Waals surface area contributed by atoms with E-state index in [4.69, 9.17) is 9.84 Å². The van der Waals surface area contributed by atoms with Crippen molar-refractivity contribution in [3.63, 3.8) is 0 Å². The molecule has 0 radical (unpaired) electrons. The third-order valence-corrected chi connectivity index (χ3v) is 2.06. The highest BCUT2D eigenvalue weighted by Gasteiger charge is 2.11. The number of halogens is 2. The smallest absolute Gasteiger partial charge is 0.411 e. The molecule has 0 spiro atoms. The molecule has 1 aromatic carbocycles. The highest BCUT2D eigenvalue weighted by atomic mass is 19.1. The van der Waals surface area contributed by atoms with E-state index in [9.17, 15) is 13.6 Å². The molecule has 0 fully saturated rings. The Morgan fingerprint density at radius 3 is 2.47 bits per heavy atom. The summed E-state index contributed by atoms with van der Waals surface area (Å²) in [5.41, 5.74) is -0.321. The fourth-order valence-corrected chi connectivity index (χ4v) is 1.35. The molecule has 4 nitrogen and oxygen atoms in total. The number of amides is 1. The molecule has 2 N–H and O–H groups in total. The van der Waals surface area contributed by atoms with Crippen molar-refractivity contribution >= 4 is 17.9 Å². The molecule has 0 bridgehead atoms. The summed E-state index contributed by atoms with van der Waals surface area (Å²) in [6, 6.07) is 1.95. The Hall–Kier alpha value is -1.95. The van der Waals surface area contributed by atoms with Crippen LogP contribution in [0, 0.1) is 11.6 Å². The van der Waals surface area contributed by atoms with Gasteiger partial charge in [-0.3, -0.25) is 5.32 Å². The van der Waals surface area contributed by atoms with Gasteiger partial charge in [-0.15, -0.1) is 0 Å². The highest BCUT2D eigenvalue weighted by molar-refractivity contribution is 5.84. The molecule has 104 valence electrons. The van der Waals surface area contributed by atoms with E-state index in [2.05, 4.69) is 5.32 Å². The van der Waals surface area contributed by atoms with Crippen LogP contribution in [0.5, 0.6) is 0 Å². The topological polar surface area (TPSA) is 58.6 Å². The quantitative estimate of drug-likeness (QED) is 0.885. The lowest BCUT2D eigenvalue weighted by Crippen LogP contribution is -2.18. The predicted octanol–water partition coefficient (Wildman–Crippen LogP) is 2.93. The highest BCUT2D eigenvalue weighted by Crippen LogP contribution is 2.20. The number of carbonyl (C=O) groups excluding carboxylic acids is 1. The van der Waals surface area contributed by atoms with Crippen molar-refractivity contribution in [3.8, 4) is 0 Å². The Balaban J connectivity index is 2.89. The fourth-order valence-electron chi connectivity index (χ4n) is 1.35. The van der Waals surface area contributed by atoms with Crippen LogP contribution >= 0.6 is 0 Å². The van der Waals surface area contributed by atoms with Gasteiger partial charge in [-0.1, -0.05) is 12.2 Å². The molecular formula is C13H15F2NO3. The van der Waals surface area contributed by atoms with Crippen LogP contribution in [0.4, 0.5) is 19.3 Å². The Bertz CT molecular complexity index is 464. The van der Waals surface area contributed by atoms with Gasteiger partial charge in [-0.2, -0.15) is 0 Å². The van der Waals surface area contributed by atoms with Gasteiger partial charge in [0.25, 0.3) is 0 Å². The molecule has 0 heterocycles. The van der Waals surface area contributed by atoms with E-state index < -0.39 is 17.7 Å². The third kappa shape index (κ3) is 4.67. The molecule has 0 aliphatic carbocycles. The number of aliphatic hydroxyl groups is 1. The molecule has 19 heavy (non-hydrogen) atoms. The summed E-state index contributed by atoms with van der Waals surface area (Å²) in [5.74, 6) is -1.69. The fraction of sp³-hybridized carbons (Fsp3) is 0.308. The van der Waals surface area contributed by atoms with Crippen molar-refractivity contribution in [2.24, 2.45) is 0 Å². The van der Waals surface area contributed by atoms with E-state index in [1.807, 2.05) is 0 Å². The van der Waals surface area contributed by atoms with Gasteiger partial charge in [0.05, 0.1) is 12.7 Å². The van der Waals surface area contributed by atoms with Gasteiger partial charge in [-0.25, -0.2) is 13.6 Å². The number of anilines is 1. The van der Waals surface area contributed by atoms with Gasteiger partial charge in [0.2, 0.25) is 0 Å². The molecule has 0 aromatic heterocycles. The zero-order chi connectivity index (χ0) is 14.4. The maximum atomic E-state index is 13.6. The van der Waals surface area contributed by atoms with E-state index in [-0.39, 0.29) is 24.0 Å². The first-order chi connectivity index (χ1) is 8.93. The largest absolute Gasteiger partial charge is 0.447 e. The molecule has 0 aliphatic rings. The number of hydrogen-bond donors (Lipinski definition) is 2. The van der Waals surface area contributed by atoms with E-state index in [1.54, 1.807) is 13.8 Å². The van der Waals surface area contributed by atoms with E-state index in [0.717, 1.165) is 18.2 Å². The molecule has 0 aliphatic heterocycles. The van der Waals surface area contributed by atoms with Crippen LogP contribution in [-0.2, 0) is 4.74 Å². The van der Waals surface area contributed by atoms with Crippen LogP contribution in [0.3, 0.4) is 0 Å². The third-order valence-electron chi connectivity index (χ3n) is 2.06. The zero-order valence-corrected chi connectivity index (χ0v) is 10.6. The monoisotopic (exact) mass is 271 g/mol. The lowest BCUT2D eigenvalue weighted by molar-refractivity contribution is 0.130. The van der Waals surface area contributed by atoms with E-state index >= 15 is 0 Å². The van der Waals surface area contributed by atoms with Crippen molar-refractivity contribution in [2.75, 3.05) is 11.9 Å². The van der Waals surface area contributed by atoms with Crippen molar-refractivity contribution in [3.05, 3.63) is 35.4 Å². The van der Waals surface area contributed by atoms with Gasteiger partial charge in [-0.05, 0) is 26.0 Å². The lowest BCUT2D eigenvalue weighted by atomic mass is 10.1. The van der Waals surface area contributed by atoms with Gasteiger partial charge in [0, 0.05) is 11.3 Å². The Morgan fingerprint density at radius 2 is 2.00 bits per heavy atom. The molecular weight excluding hydrogens is 256 g/mol.